The van der Waals surface area contributed by atoms with E-state index in [2.05, 4.69) is 10.5 Å². The molecule has 0 spiro atoms. The maximum absolute atomic E-state index is 12.4. The number of hydrogen-bond donors (Lipinski definition) is 2. The molecular weight excluding hydrogens is 420 g/mol. The number of carbonyl (C=O) groups is 2. The van der Waals surface area contributed by atoms with Gasteiger partial charge in [0.2, 0.25) is 0 Å². The highest BCUT2D eigenvalue weighted by Gasteiger charge is 2.17. The molecule has 0 aliphatic carbocycles. The van der Waals surface area contributed by atoms with E-state index in [0.29, 0.717) is 16.9 Å². The lowest BCUT2D eigenvalue weighted by Gasteiger charge is -2.11. The zero-order valence-corrected chi connectivity index (χ0v) is 17.2. The maximum Gasteiger partial charge on any atom is 0.345 e. The molecule has 0 unspecified atom stereocenters. The predicted octanol–water partition coefficient (Wildman–Crippen LogP) is 3.75. The summed E-state index contributed by atoms with van der Waals surface area (Å²) in [5.74, 6) is -0.791. The van der Waals surface area contributed by atoms with Crippen LogP contribution in [0.15, 0.2) is 77.9 Å². The van der Waals surface area contributed by atoms with Gasteiger partial charge in [-0.15, -0.1) is 0 Å². The molecule has 3 rings (SSSR count). The van der Waals surface area contributed by atoms with Crippen molar-refractivity contribution in [1.29, 1.82) is 0 Å². The van der Waals surface area contributed by atoms with Gasteiger partial charge < -0.3 is 14.6 Å². The van der Waals surface area contributed by atoms with E-state index in [1.165, 1.54) is 19.4 Å². The van der Waals surface area contributed by atoms with Crippen molar-refractivity contribution in [2.75, 3.05) is 7.11 Å². The van der Waals surface area contributed by atoms with E-state index in [-0.39, 0.29) is 16.3 Å². The van der Waals surface area contributed by atoms with Crippen LogP contribution in [0.4, 0.5) is 0 Å². The van der Waals surface area contributed by atoms with Crippen molar-refractivity contribution in [3.05, 3.63) is 94.5 Å². The molecule has 0 aliphatic heterocycles. The van der Waals surface area contributed by atoms with Gasteiger partial charge in [0, 0.05) is 0 Å². The molecule has 0 heterocycles. The molecule has 0 aliphatic rings. The number of methoxy groups -OCH3 is 1. The maximum atomic E-state index is 12.4. The van der Waals surface area contributed by atoms with Crippen molar-refractivity contribution in [3.8, 4) is 11.5 Å². The van der Waals surface area contributed by atoms with E-state index in [9.17, 15) is 14.7 Å². The number of esters is 1. The van der Waals surface area contributed by atoms with Gasteiger partial charge in [-0.2, -0.15) is 5.10 Å². The van der Waals surface area contributed by atoms with Crippen LogP contribution in [-0.2, 0) is 4.79 Å². The van der Waals surface area contributed by atoms with Crippen molar-refractivity contribution in [3.63, 3.8) is 0 Å². The van der Waals surface area contributed by atoms with E-state index >= 15 is 0 Å². The number of nitrogens with zero attached hydrogens (tertiary/aromatic N) is 1. The minimum atomic E-state index is -1.33. The Morgan fingerprint density at radius 3 is 2.45 bits per heavy atom. The molecule has 0 fully saturated rings. The second-order valence-corrected chi connectivity index (χ2v) is 6.73. The normalized spacial score (nSPS) is 11.7. The van der Waals surface area contributed by atoms with Crippen LogP contribution in [0.5, 0.6) is 11.5 Å². The number of rotatable bonds is 7. The second-order valence-electron chi connectivity index (χ2n) is 6.33. The van der Waals surface area contributed by atoms with Crippen molar-refractivity contribution in [2.45, 2.75) is 6.10 Å². The van der Waals surface area contributed by atoms with E-state index in [0.717, 1.165) is 0 Å². The lowest BCUT2D eigenvalue weighted by atomic mass is 10.1. The van der Waals surface area contributed by atoms with Crippen LogP contribution in [0.3, 0.4) is 0 Å². The molecule has 0 aromatic heterocycles. The Kier molecular flexibility index (Phi) is 7.37. The molecular formula is C23H19ClN2O5. The average molecular weight is 439 g/mol. The van der Waals surface area contributed by atoms with Gasteiger partial charge in [0.05, 0.1) is 23.9 Å². The summed E-state index contributed by atoms with van der Waals surface area (Å²) in [6.07, 6.45) is 0.0390. The lowest BCUT2D eigenvalue weighted by molar-refractivity contribution is -0.129. The molecule has 0 saturated carbocycles. The second kappa shape index (κ2) is 10.4. The van der Waals surface area contributed by atoms with E-state index < -0.39 is 18.0 Å². The number of hydrazone groups is 1. The summed E-state index contributed by atoms with van der Waals surface area (Å²) in [7, 11) is 1.43. The van der Waals surface area contributed by atoms with Gasteiger partial charge >= 0.3 is 5.97 Å². The fraction of sp³-hybridized carbons (Fsp3) is 0.0870. The van der Waals surface area contributed by atoms with E-state index in [1.54, 1.807) is 66.7 Å². The Morgan fingerprint density at radius 2 is 1.74 bits per heavy atom. The molecule has 3 aromatic rings. The van der Waals surface area contributed by atoms with Crippen LogP contribution in [0, 0.1) is 0 Å². The molecule has 0 saturated heterocycles. The van der Waals surface area contributed by atoms with Crippen molar-refractivity contribution in [1.82, 2.24) is 5.43 Å². The summed E-state index contributed by atoms with van der Waals surface area (Å²) in [6, 6.07) is 19.8. The number of aliphatic hydroxyl groups excluding tert-OH is 1. The van der Waals surface area contributed by atoms with Crippen LogP contribution < -0.4 is 14.9 Å². The molecule has 0 radical (unpaired) electrons. The Labute approximate surface area is 183 Å². The number of aliphatic hydroxyl groups is 1. The summed E-state index contributed by atoms with van der Waals surface area (Å²) in [6.45, 7) is 0. The SMILES string of the molecule is COc1cc(/C=N\NC(=O)[C@H](O)c2ccccc2)ccc1OC(=O)c1ccccc1Cl. The molecule has 1 atom stereocenters. The van der Waals surface area contributed by atoms with Crippen LogP contribution in [0.2, 0.25) is 5.02 Å². The van der Waals surface area contributed by atoms with Gasteiger partial charge in [0.1, 0.15) is 0 Å². The Hall–Kier alpha value is -3.68. The van der Waals surface area contributed by atoms with Crippen LogP contribution in [-0.4, -0.2) is 30.3 Å². The highest BCUT2D eigenvalue weighted by molar-refractivity contribution is 6.33. The van der Waals surface area contributed by atoms with Gasteiger partial charge in [0.25, 0.3) is 5.91 Å². The fourth-order valence-electron chi connectivity index (χ4n) is 2.65. The number of benzene rings is 3. The standard InChI is InChI=1S/C23H19ClN2O5/c1-30-20-13-15(14-25-26-22(28)21(27)16-7-3-2-4-8-16)11-12-19(20)31-23(29)17-9-5-6-10-18(17)24/h2-14,21,27H,1H3,(H,26,28)/b25-14-/t21-/m1/s1. The molecule has 7 nitrogen and oxygen atoms in total. The zero-order chi connectivity index (χ0) is 22.2. The predicted molar refractivity (Wildman–Crippen MR) is 117 cm³/mol. The number of amides is 1. The number of carbonyl (C=O) groups excluding carboxylic acids is 2. The van der Waals surface area contributed by atoms with Crippen LogP contribution in [0.1, 0.15) is 27.6 Å². The van der Waals surface area contributed by atoms with E-state index in [1.807, 2.05) is 0 Å². The van der Waals surface area contributed by atoms with Crippen LogP contribution >= 0.6 is 11.6 Å². The van der Waals surface area contributed by atoms with Gasteiger partial charge in [-0.3, -0.25) is 4.79 Å². The monoisotopic (exact) mass is 438 g/mol. The topological polar surface area (TPSA) is 97.2 Å². The number of hydrogen-bond acceptors (Lipinski definition) is 6. The van der Waals surface area contributed by atoms with Crippen molar-refractivity contribution in [2.24, 2.45) is 5.10 Å². The van der Waals surface area contributed by atoms with Gasteiger partial charge in [-0.05, 0) is 41.5 Å². The summed E-state index contributed by atoms with van der Waals surface area (Å²) < 4.78 is 10.7. The molecule has 158 valence electrons. The molecule has 3 aromatic carbocycles. The highest BCUT2D eigenvalue weighted by atomic mass is 35.5. The lowest BCUT2D eigenvalue weighted by Crippen LogP contribution is -2.25. The highest BCUT2D eigenvalue weighted by Crippen LogP contribution is 2.29. The third-order valence-electron chi connectivity index (χ3n) is 4.24. The number of ether oxygens (including phenoxy) is 2. The number of halogens is 1. The minimum absolute atomic E-state index is 0.202. The first kappa shape index (κ1) is 22.0. The first-order valence-electron chi connectivity index (χ1n) is 9.20. The molecule has 2 N–H and O–H groups in total. The Morgan fingerprint density at radius 1 is 1.03 bits per heavy atom. The fourth-order valence-corrected chi connectivity index (χ4v) is 2.86. The molecule has 31 heavy (non-hydrogen) atoms. The van der Waals surface area contributed by atoms with E-state index in [4.69, 9.17) is 21.1 Å². The smallest absolute Gasteiger partial charge is 0.345 e. The third-order valence-corrected chi connectivity index (χ3v) is 4.57. The van der Waals surface area contributed by atoms with Crippen molar-refractivity contribution >= 4 is 29.7 Å². The van der Waals surface area contributed by atoms with Gasteiger partial charge in [0.15, 0.2) is 17.6 Å². The quantitative estimate of drug-likeness (QED) is 0.253. The summed E-state index contributed by atoms with van der Waals surface area (Å²) in [5, 5.41) is 14.2. The summed E-state index contributed by atoms with van der Waals surface area (Å²) in [5.41, 5.74) is 3.55. The third kappa shape index (κ3) is 5.69. The largest absolute Gasteiger partial charge is 0.493 e. The summed E-state index contributed by atoms with van der Waals surface area (Å²) in [4.78, 5) is 24.4. The first-order valence-corrected chi connectivity index (χ1v) is 9.58. The molecule has 0 bridgehead atoms. The first-order chi connectivity index (χ1) is 15.0. The van der Waals surface area contributed by atoms with Gasteiger partial charge in [-0.1, -0.05) is 54.1 Å². The average Bonchev–Trinajstić information content (AvgIpc) is 2.80. The minimum Gasteiger partial charge on any atom is -0.493 e. The zero-order valence-electron chi connectivity index (χ0n) is 16.5. The molecule has 1 amide bonds. The Balaban J connectivity index is 1.66. The summed E-state index contributed by atoms with van der Waals surface area (Å²) >= 11 is 6.03. The molecule has 8 heteroatoms. The van der Waals surface area contributed by atoms with Crippen molar-refractivity contribution < 1.29 is 24.2 Å². The Bertz CT molecular complexity index is 1100. The van der Waals surface area contributed by atoms with Gasteiger partial charge in [-0.25, -0.2) is 10.2 Å². The van der Waals surface area contributed by atoms with Crippen LogP contribution in [0.25, 0.3) is 0 Å². The number of nitrogens with one attached hydrogen (secondary N) is 1.